The lowest BCUT2D eigenvalue weighted by molar-refractivity contribution is 0.0242. The van der Waals surface area contributed by atoms with E-state index in [0.29, 0.717) is 13.1 Å². The average Bonchev–Trinajstić information content (AvgIpc) is 3.07. The smallest absolute Gasteiger partial charge is 0.410 e. The Balaban J connectivity index is 1.49. The number of hydrogen-bond donors (Lipinski definition) is 0. The highest BCUT2D eigenvalue weighted by molar-refractivity contribution is 7.74. The van der Waals surface area contributed by atoms with E-state index in [9.17, 15) is 9.59 Å². The van der Waals surface area contributed by atoms with Gasteiger partial charge in [-0.15, -0.1) is 0 Å². The van der Waals surface area contributed by atoms with Crippen LogP contribution < -0.4 is 4.90 Å². The van der Waals surface area contributed by atoms with Crippen molar-refractivity contribution >= 4 is 25.4 Å². The first kappa shape index (κ1) is 21.8. The summed E-state index contributed by atoms with van der Waals surface area (Å²) in [6.45, 7) is 7.49. The standard InChI is InChI=1S/C25H31N2O3P/c1-25(2,3)30-23(28)26-16-20-11-12-22(15-21(20)17-26)27-13-7-8-14-31(24(27)29)18-19-9-5-4-6-10-19/h4-6,9-12,15H,7-8,13-14,16-18H2,1-3H3. The summed E-state index contributed by atoms with van der Waals surface area (Å²) in [4.78, 5) is 29.6. The van der Waals surface area contributed by atoms with Crippen molar-refractivity contribution in [2.75, 3.05) is 17.6 Å². The molecule has 2 aliphatic rings. The zero-order valence-electron chi connectivity index (χ0n) is 18.6. The molecule has 6 heteroatoms. The Labute approximate surface area is 186 Å². The molecule has 0 saturated carbocycles. The summed E-state index contributed by atoms with van der Waals surface area (Å²) in [5.41, 5.74) is 4.20. The molecule has 1 atom stereocenters. The Morgan fingerprint density at radius 1 is 1.03 bits per heavy atom. The molecule has 2 heterocycles. The molecule has 31 heavy (non-hydrogen) atoms. The largest absolute Gasteiger partial charge is 0.444 e. The summed E-state index contributed by atoms with van der Waals surface area (Å²) in [6.07, 6.45) is 3.68. The maximum absolute atomic E-state index is 13.4. The van der Waals surface area contributed by atoms with Crippen molar-refractivity contribution in [3.8, 4) is 0 Å². The molecule has 0 aromatic heterocycles. The average molecular weight is 439 g/mol. The maximum atomic E-state index is 13.4. The number of anilines is 1. The second-order valence-corrected chi connectivity index (χ2v) is 11.6. The van der Waals surface area contributed by atoms with Crippen molar-refractivity contribution in [1.82, 2.24) is 4.90 Å². The molecule has 1 fully saturated rings. The van der Waals surface area contributed by atoms with Gasteiger partial charge in [-0.2, -0.15) is 0 Å². The van der Waals surface area contributed by atoms with Gasteiger partial charge in [0.15, 0.2) is 0 Å². The van der Waals surface area contributed by atoms with Crippen LogP contribution in [-0.2, 0) is 24.0 Å². The van der Waals surface area contributed by atoms with Gasteiger partial charge in [-0.1, -0.05) is 36.4 Å². The zero-order chi connectivity index (χ0) is 22.0. The molecule has 2 aliphatic heterocycles. The van der Waals surface area contributed by atoms with Crippen molar-refractivity contribution in [1.29, 1.82) is 0 Å². The number of hydrogen-bond acceptors (Lipinski definition) is 3. The number of nitrogens with zero attached hydrogens (tertiary/aromatic N) is 2. The quantitative estimate of drug-likeness (QED) is 0.526. The van der Waals surface area contributed by atoms with Crippen molar-refractivity contribution in [3.05, 3.63) is 65.2 Å². The van der Waals surface area contributed by atoms with Gasteiger partial charge < -0.3 is 9.64 Å². The summed E-state index contributed by atoms with van der Waals surface area (Å²) < 4.78 is 5.53. The lowest BCUT2D eigenvalue weighted by atomic mass is 10.1. The van der Waals surface area contributed by atoms with Crippen LogP contribution >= 0.6 is 7.92 Å². The first-order chi connectivity index (χ1) is 14.8. The lowest BCUT2D eigenvalue weighted by Crippen LogP contribution is -2.33. The molecule has 2 amide bonds. The van der Waals surface area contributed by atoms with E-state index in [1.54, 1.807) is 4.90 Å². The van der Waals surface area contributed by atoms with E-state index < -0.39 is 13.5 Å². The fraction of sp³-hybridized carbons (Fsp3) is 0.440. The van der Waals surface area contributed by atoms with Crippen LogP contribution in [-0.4, -0.2) is 34.9 Å². The fourth-order valence-electron chi connectivity index (χ4n) is 4.13. The van der Waals surface area contributed by atoms with Crippen LogP contribution in [0.3, 0.4) is 0 Å². The molecule has 2 aromatic rings. The summed E-state index contributed by atoms with van der Waals surface area (Å²) in [5, 5.41) is 0. The molecule has 4 rings (SSSR count). The predicted molar refractivity (Wildman–Crippen MR) is 126 cm³/mol. The molecule has 0 radical (unpaired) electrons. The Kier molecular flexibility index (Phi) is 6.34. The van der Waals surface area contributed by atoms with Gasteiger partial charge in [-0.05, 0) is 76.5 Å². The lowest BCUT2D eigenvalue weighted by Gasteiger charge is -2.25. The summed E-state index contributed by atoms with van der Waals surface area (Å²) in [5.74, 6) is 0. The van der Waals surface area contributed by atoms with Crippen LogP contribution in [0, 0.1) is 0 Å². The molecule has 0 bridgehead atoms. The minimum absolute atomic E-state index is 0.276. The first-order valence-electron chi connectivity index (χ1n) is 11.0. The molecule has 164 valence electrons. The second kappa shape index (κ2) is 9.00. The molecule has 2 aromatic carbocycles. The van der Waals surface area contributed by atoms with Gasteiger partial charge in [0, 0.05) is 31.5 Å². The molecule has 0 spiro atoms. The zero-order valence-corrected chi connectivity index (χ0v) is 19.5. The highest BCUT2D eigenvalue weighted by atomic mass is 31.1. The van der Waals surface area contributed by atoms with Crippen molar-refractivity contribution in [2.45, 2.75) is 58.5 Å². The molecule has 0 N–H and O–H groups in total. The van der Waals surface area contributed by atoms with E-state index in [0.717, 1.165) is 48.5 Å². The Morgan fingerprint density at radius 3 is 2.52 bits per heavy atom. The predicted octanol–water partition coefficient (Wildman–Crippen LogP) is 6.34. The monoisotopic (exact) mass is 438 g/mol. The number of rotatable bonds is 3. The van der Waals surface area contributed by atoms with E-state index in [4.69, 9.17) is 4.74 Å². The van der Waals surface area contributed by atoms with Crippen molar-refractivity contribution in [3.63, 3.8) is 0 Å². The van der Waals surface area contributed by atoms with E-state index in [1.807, 2.05) is 49.9 Å². The van der Waals surface area contributed by atoms with Crippen LogP contribution in [0.5, 0.6) is 0 Å². The maximum Gasteiger partial charge on any atom is 0.410 e. The number of benzene rings is 2. The Morgan fingerprint density at radius 2 is 1.77 bits per heavy atom. The molecule has 0 aliphatic carbocycles. The van der Waals surface area contributed by atoms with Crippen LogP contribution in [0.25, 0.3) is 0 Å². The van der Waals surface area contributed by atoms with Crippen LogP contribution in [0.4, 0.5) is 15.3 Å². The highest BCUT2D eigenvalue weighted by Gasteiger charge is 2.31. The van der Waals surface area contributed by atoms with Crippen LogP contribution in [0.1, 0.15) is 50.3 Å². The van der Waals surface area contributed by atoms with Gasteiger partial charge in [0.25, 0.3) is 0 Å². The third-order valence-corrected chi connectivity index (χ3v) is 8.04. The highest BCUT2D eigenvalue weighted by Crippen LogP contribution is 2.46. The number of fused-ring (bicyclic) bond motifs is 1. The fourth-order valence-corrected chi connectivity index (χ4v) is 6.43. The summed E-state index contributed by atoms with van der Waals surface area (Å²) in [7, 11) is -0.737. The third kappa shape index (κ3) is 5.27. The van der Waals surface area contributed by atoms with Crippen molar-refractivity contribution < 1.29 is 14.3 Å². The molecule has 1 unspecified atom stereocenters. The number of carbonyl (C=O) groups excluding carboxylic acids is 2. The SMILES string of the molecule is CC(C)(C)OC(=O)N1Cc2ccc(N3CCCCP(Cc4ccccc4)C3=O)cc2C1. The van der Waals surface area contributed by atoms with Crippen LogP contribution in [0.2, 0.25) is 0 Å². The van der Waals surface area contributed by atoms with Gasteiger partial charge in [0.2, 0.25) is 5.65 Å². The van der Waals surface area contributed by atoms with Crippen LogP contribution in [0.15, 0.2) is 48.5 Å². The Hall–Kier alpha value is -2.39. The summed E-state index contributed by atoms with van der Waals surface area (Å²) >= 11 is 0. The molecular formula is C25H31N2O3P. The number of amides is 2. The summed E-state index contributed by atoms with van der Waals surface area (Å²) in [6, 6.07) is 16.5. The topological polar surface area (TPSA) is 49.9 Å². The van der Waals surface area contributed by atoms with Gasteiger partial charge in [-0.25, -0.2) is 4.79 Å². The third-order valence-electron chi connectivity index (χ3n) is 5.65. The second-order valence-electron chi connectivity index (χ2n) is 9.34. The van der Waals surface area contributed by atoms with E-state index in [-0.39, 0.29) is 11.7 Å². The molecule has 5 nitrogen and oxygen atoms in total. The van der Waals surface area contributed by atoms with E-state index in [2.05, 4.69) is 24.3 Å². The van der Waals surface area contributed by atoms with Gasteiger partial charge >= 0.3 is 6.09 Å². The normalized spacial score (nSPS) is 19.2. The number of ether oxygens (including phenoxy) is 1. The molecule has 1 saturated heterocycles. The minimum Gasteiger partial charge on any atom is -0.444 e. The first-order valence-corrected chi connectivity index (χ1v) is 12.7. The minimum atomic E-state index is -0.737. The van der Waals surface area contributed by atoms with E-state index >= 15 is 0 Å². The van der Waals surface area contributed by atoms with Gasteiger partial charge in [-0.3, -0.25) is 9.69 Å². The molecular weight excluding hydrogens is 407 g/mol. The number of carbonyl (C=O) groups is 2. The van der Waals surface area contributed by atoms with E-state index in [1.165, 1.54) is 5.56 Å². The van der Waals surface area contributed by atoms with Crippen molar-refractivity contribution in [2.24, 2.45) is 0 Å². The van der Waals surface area contributed by atoms with Gasteiger partial charge in [0.1, 0.15) is 5.60 Å². The Bertz CT molecular complexity index is 955. The van der Waals surface area contributed by atoms with Gasteiger partial charge in [0.05, 0.1) is 0 Å².